The van der Waals surface area contributed by atoms with Crippen LogP contribution >= 0.6 is 0 Å². The number of rotatable bonds is 3. The monoisotopic (exact) mass is 327 g/mol. The van der Waals surface area contributed by atoms with Crippen molar-refractivity contribution in [2.24, 2.45) is 5.10 Å². The number of nitriles is 1. The fourth-order valence-electron chi connectivity index (χ4n) is 2.12. The van der Waals surface area contributed by atoms with Crippen molar-refractivity contribution >= 4 is 11.6 Å². The Bertz CT molecular complexity index is 679. The van der Waals surface area contributed by atoms with Crippen LogP contribution in [0.1, 0.15) is 18.4 Å². The third-order valence-electron chi connectivity index (χ3n) is 3.33. The molecule has 9 heteroatoms. The zero-order valence-electron chi connectivity index (χ0n) is 12.0. The van der Waals surface area contributed by atoms with Gasteiger partial charge in [0.05, 0.1) is 25.3 Å². The van der Waals surface area contributed by atoms with E-state index in [0.717, 1.165) is 0 Å². The molecule has 0 radical (unpaired) electrons. The predicted molar refractivity (Wildman–Crippen MR) is 72.2 cm³/mol. The van der Waals surface area contributed by atoms with E-state index in [0.29, 0.717) is 11.3 Å². The van der Waals surface area contributed by atoms with Crippen LogP contribution in [0.15, 0.2) is 29.4 Å². The van der Waals surface area contributed by atoms with E-state index in [2.05, 4.69) is 5.10 Å². The van der Waals surface area contributed by atoms with Crippen molar-refractivity contribution in [3.8, 4) is 11.8 Å². The number of halogens is 3. The van der Waals surface area contributed by atoms with Gasteiger partial charge in [0.1, 0.15) is 12.2 Å². The van der Waals surface area contributed by atoms with Crippen molar-refractivity contribution in [3.05, 3.63) is 29.8 Å². The summed E-state index contributed by atoms with van der Waals surface area (Å²) in [6.45, 7) is 0. The third-order valence-corrected chi connectivity index (χ3v) is 3.33. The second kappa shape index (κ2) is 5.89. The van der Waals surface area contributed by atoms with Gasteiger partial charge >= 0.3 is 6.18 Å². The Morgan fingerprint density at radius 3 is 2.57 bits per heavy atom. The van der Waals surface area contributed by atoms with Crippen molar-refractivity contribution in [2.45, 2.75) is 24.7 Å². The van der Waals surface area contributed by atoms with E-state index in [1.165, 1.54) is 37.4 Å². The van der Waals surface area contributed by atoms with Gasteiger partial charge in [-0.3, -0.25) is 4.79 Å². The van der Waals surface area contributed by atoms with Crippen LogP contribution < -0.4 is 4.74 Å². The topological polar surface area (TPSA) is 85.9 Å². The maximum Gasteiger partial charge on any atom is 0.438 e. The van der Waals surface area contributed by atoms with Gasteiger partial charge in [-0.05, 0) is 29.8 Å². The number of hydrogen-bond donors (Lipinski definition) is 1. The molecule has 1 amide bonds. The average Bonchev–Trinajstić information content (AvgIpc) is 2.87. The molecule has 1 aromatic rings. The number of methoxy groups -OCH3 is 1. The first-order valence-corrected chi connectivity index (χ1v) is 6.44. The highest BCUT2D eigenvalue weighted by atomic mass is 19.4. The van der Waals surface area contributed by atoms with E-state index in [9.17, 15) is 23.1 Å². The van der Waals surface area contributed by atoms with Crippen LogP contribution in [0, 0.1) is 11.3 Å². The molecule has 0 aliphatic carbocycles. The summed E-state index contributed by atoms with van der Waals surface area (Å²) >= 11 is 0. The number of hydrogen-bond acceptors (Lipinski definition) is 5. The molecule has 0 bridgehead atoms. The Morgan fingerprint density at radius 2 is 2.09 bits per heavy atom. The van der Waals surface area contributed by atoms with E-state index in [-0.39, 0.29) is 10.7 Å². The largest absolute Gasteiger partial charge is 0.497 e. The van der Waals surface area contributed by atoms with Crippen LogP contribution in [-0.4, -0.2) is 40.7 Å². The summed E-state index contributed by atoms with van der Waals surface area (Å²) < 4.78 is 44.5. The zero-order valence-corrected chi connectivity index (χ0v) is 12.0. The first kappa shape index (κ1) is 16.8. The molecule has 2 rings (SSSR count). The summed E-state index contributed by atoms with van der Waals surface area (Å²) in [6.07, 6.45) is -6.85. The minimum absolute atomic E-state index is 0.0597. The molecule has 122 valence electrons. The fraction of sp³-hybridized carbons (Fsp3) is 0.357. The minimum Gasteiger partial charge on any atom is -0.497 e. The van der Waals surface area contributed by atoms with Gasteiger partial charge in [0.25, 0.3) is 11.6 Å². The molecule has 0 spiro atoms. The summed E-state index contributed by atoms with van der Waals surface area (Å²) in [5.74, 6) is -0.730. The Kier molecular flexibility index (Phi) is 4.29. The number of nitrogens with zero attached hydrogens (tertiary/aromatic N) is 3. The van der Waals surface area contributed by atoms with Gasteiger partial charge in [0, 0.05) is 0 Å². The lowest BCUT2D eigenvalue weighted by molar-refractivity contribution is -0.302. The molecule has 0 saturated heterocycles. The van der Waals surface area contributed by atoms with Crippen molar-refractivity contribution in [1.29, 1.82) is 5.26 Å². The van der Waals surface area contributed by atoms with Gasteiger partial charge in [-0.15, -0.1) is 0 Å². The van der Waals surface area contributed by atoms with Gasteiger partial charge < -0.3 is 9.84 Å². The normalized spacial score (nSPS) is 20.9. The van der Waals surface area contributed by atoms with Crippen LogP contribution in [0.5, 0.6) is 5.75 Å². The molecule has 1 atom stereocenters. The number of hydrazone groups is 1. The molecule has 0 saturated carbocycles. The zero-order chi connectivity index (χ0) is 17.3. The maximum absolute atomic E-state index is 13.2. The van der Waals surface area contributed by atoms with Gasteiger partial charge in [0.2, 0.25) is 0 Å². The molecule has 1 aromatic carbocycles. The summed E-state index contributed by atoms with van der Waals surface area (Å²) in [5.41, 5.74) is -3.27. The molecule has 6 nitrogen and oxygen atoms in total. The fourth-order valence-corrected chi connectivity index (χ4v) is 2.12. The van der Waals surface area contributed by atoms with Crippen LogP contribution in [0.2, 0.25) is 0 Å². The Labute approximate surface area is 129 Å². The molecular weight excluding hydrogens is 315 g/mol. The maximum atomic E-state index is 13.2. The van der Waals surface area contributed by atoms with Crippen molar-refractivity contribution < 1.29 is 27.8 Å². The number of carbonyl (C=O) groups excluding carboxylic acids is 1. The molecule has 1 aliphatic heterocycles. The lowest BCUT2D eigenvalue weighted by Crippen LogP contribution is -2.56. The van der Waals surface area contributed by atoms with E-state index < -0.39 is 30.7 Å². The lowest BCUT2D eigenvalue weighted by Gasteiger charge is -2.32. The van der Waals surface area contributed by atoms with Crippen LogP contribution in [0.3, 0.4) is 0 Å². The first-order chi connectivity index (χ1) is 10.7. The van der Waals surface area contributed by atoms with Crippen LogP contribution in [0.25, 0.3) is 0 Å². The van der Waals surface area contributed by atoms with Crippen LogP contribution in [-0.2, 0) is 4.79 Å². The van der Waals surface area contributed by atoms with Crippen molar-refractivity contribution in [3.63, 3.8) is 0 Å². The number of alkyl halides is 3. The number of ether oxygens (including phenoxy) is 1. The van der Waals surface area contributed by atoms with Crippen molar-refractivity contribution in [1.82, 2.24) is 5.01 Å². The SMILES string of the molecule is COc1ccc(C2=NN(C(=O)CC#N)[C@](O)(C(F)(F)F)C2)cc1. The minimum atomic E-state index is -5.12. The van der Waals surface area contributed by atoms with Gasteiger partial charge in [-0.25, -0.2) is 0 Å². The molecule has 0 fully saturated rings. The summed E-state index contributed by atoms with van der Waals surface area (Å²) in [7, 11) is 1.44. The second-order valence-corrected chi connectivity index (χ2v) is 4.81. The average molecular weight is 327 g/mol. The molecule has 0 aromatic heterocycles. The van der Waals surface area contributed by atoms with Gasteiger partial charge in [-0.1, -0.05) is 0 Å². The van der Waals surface area contributed by atoms with Gasteiger partial charge in [-0.2, -0.15) is 28.5 Å². The molecule has 1 N–H and O–H groups in total. The Morgan fingerprint density at radius 1 is 1.48 bits per heavy atom. The van der Waals surface area contributed by atoms with E-state index in [1.54, 1.807) is 0 Å². The standard InChI is InChI=1S/C14H12F3N3O3/c1-23-10-4-2-9(3-5-10)11-8-13(22,14(15,16)17)20(19-11)12(21)6-7-18/h2-5,22H,6,8H2,1H3/t13-/m1/s1. The Balaban J connectivity index is 2.40. The number of amides is 1. The molecule has 1 heterocycles. The molecular formula is C14H12F3N3O3. The summed E-state index contributed by atoms with van der Waals surface area (Å²) in [4.78, 5) is 11.7. The highest BCUT2D eigenvalue weighted by molar-refractivity contribution is 6.03. The molecule has 23 heavy (non-hydrogen) atoms. The summed E-state index contributed by atoms with van der Waals surface area (Å²) in [5, 5.41) is 22.0. The van der Waals surface area contributed by atoms with E-state index in [1.807, 2.05) is 0 Å². The number of aliphatic hydroxyl groups is 1. The number of carbonyl (C=O) groups is 1. The smallest absolute Gasteiger partial charge is 0.438 e. The molecule has 1 aliphatic rings. The quantitative estimate of drug-likeness (QED) is 0.917. The van der Waals surface area contributed by atoms with Gasteiger partial charge in [0.15, 0.2) is 0 Å². The highest BCUT2D eigenvalue weighted by Gasteiger charge is 2.63. The molecule has 0 unspecified atom stereocenters. The lowest BCUT2D eigenvalue weighted by atomic mass is 10.0. The van der Waals surface area contributed by atoms with E-state index in [4.69, 9.17) is 10.00 Å². The first-order valence-electron chi connectivity index (χ1n) is 6.44. The number of benzene rings is 1. The summed E-state index contributed by atoms with van der Waals surface area (Å²) in [6, 6.07) is 7.41. The predicted octanol–water partition coefficient (Wildman–Crippen LogP) is 1.80. The Hall–Kier alpha value is -2.60. The van der Waals surface area contributed by atoms with Crippen molar-refractivity contribution in [2.75, 3.05) is 7.11 Å². The highest BCUT2D eigenvalue weighted by Crippen LogP contribution is 2.41. The van der Waals surface area contributed by atoms with Crippen LogP contribution in [0.4, 0.5) is 13.2 Å². The van der Waals surface area contributed by atoms with E-state index >= 15 is 0 Å². The third kappa shape index (κ3) is 2.98. The second-order valence-electron chi connectivity index (χ2n) is 4.81.